The molecule has 2 aliphatic rings. The van der Waals surface area contributed by atoms with E-state index in [0.717, 1.165) is 24.5 Å². The van der Waals surface area contributed by atoms with E-state index in [1.165, 1.54) is 22.6 Å². The van der Waals surface area contributed by atoms with Crippen molar-refractivity contribution in [3.8, 4) is 6.07 Å². The van der Waals surface area contributed by atoms with Crippen LogP contribution in [0.25, 0.3) is 5.52 Å². The Morgan fingerprint density at radius 3 is 2.50 bits per heavy atom. The van der Waals surface area contributed by atoms with Gasteiger partial charge in [-0.05, 0) is 61.1 Å². The van der Waals surface area contributed by atoms with Crippen molar-refractivity contribution in [2.24, 2.45) is 0 Å². The quantitative estimate of drug-likeness (QED) is 0.489. The number of nitriles is 1. The molecule has 1 aliphatic heterocycles. The summed E-state index contributed by atoms with van der Waals surface area (Å²) in [6.45, 7) is 1.09. The van der Waals surface area contributed by atoms with Crippen molar-refractivity contribution in [3.05, 3.63) is 87.3 Å². The molecule has 2 N–H and O–H groups in total. The van der Waals surface area contributed by atoms with Crippen molar-refractivity contribution in [1.82, 2.24) is 14.6 Å². The summed E-state index contributed by atoms with van der Waals surface area (Å²) in [5.41, 5.74) is -1.19. The number of nitrogens with zero attached hydrogens (tertiary/aromatic N) is 3. The van der Waals surface area contributed by atoms with Crippen molar-refractivity contribution in [3.63, 3.8) is 0 Å². The molecule has 1 saturated carbocycles. The fraction of sp³-hybridized carbons (Fsp3) is 0.433. The maximum Gasteiger partial charge on any atom is 0.416 e. The van der Waals surface area contributed by atoms with Gasteiger partial charge >= 0.3 is 6.18 Å². The third-order valence-corrected chi connectivity index (χ3v) is 8.31. The number of aliphatic hydroxyl groups excluding tert-OH is 1. The molecule has 3 aromatic rings. The van der Waals surface area contributed by atoms with E-state index in [0.29, 0.717) is 38.0 Å². The Balaban J connectivity index is 1.40. The van der Waals surface area contributed by atoms with Gasteiger partial charge in [0.05, 0.1) is 34.7 Å². The van der Waals surface area contributed by atoms with Gasteiger partial charge in [0.15, 0.2) is 0 Å². The van der Waals surface area contributed by atoms with E-state index in [1.54, 1.807) is 30.5 Å². The van der Waals surface area contributed by atoms with Gasteiger partial charge in [0.25, 0.3) is 11.5 Å². The van der Waals surface area contributed by atoms with Crippen LogP contribution in [0.15, 0.2) is 59.5 Å². The summed E-state index contributed by atoms with van der Waals surface area (Å²) in [5, 5.41) is 23.2. The zero-order chi connectivity index (χ0) is 28.5. The number of benzene rings is 1. The number of nitrogens with one attached hydrogen (secondary N) is 1. The number of carbonyl (C=O) groups is 1. The molecule has 0 radical (unpaired) electrons. The van der Waals surface area contributed by atoms with Crippen LogP contribution in [-0.2, 0) is 18.1 Å². The van der Waals surface area contributed by atoms with Crippen LogP contribution in [0.2, 0.25) is 0 Å². The first-order chi connectivity index (χ1) is 19.1. The Hall–Kier alpha value is -3.68. The van der Waals surface area contributed by atoms with Gasteiger partial charge in [-0.15, -0.1) is 0 Å². The van der Waals surface area contributed by atoms with Crippen molar-refractivity contribution in [2.45, 2.75) is 68.8 Å². The lowest BCUT2D eigenvalue weighted by atomic mass is 9.72. The van der Waals surface area contributed by atoms with Gasteiger partial charge in [-0.2, -0.15) is 18.4 Å². The molecule has 40 heavy (non-hydrogen) atoms. The number of aromatic nitrogens is 1. The van der Waals surface area contributed by atoms with Crippen LogP contribution in [0, 0.1) is 11.3 Å². The Kier molecular flexibility index (Phi) is 7.71. The standard InChI is InChI=1S/C30H31F3N4O3/c31-30(32,33)23-8-2-1-7-22(23)29(19-34)12-15-36(16-13-29)18-20-17-21(28(40)37-14-6-5-10-25(20)37)27(39)35-24-9-3-4-11-26(24)38/h1-2,5-8,10,14,17,24,26,38H,3-4,9,11-13,15-16,18H2,(H,35,39)/t24-,26-/m0/s1. The maximum atomic E-state index is 13.7. The Morgan fingerprint density at radius 1 is 1.10 bits per heavy atom. The van der Waals surface area contributed by atoms with Crippen LogP contribution in [0.3, 0.4) is 0 Å². The number of fused-ring (bicyclic) bond motifs is 1. The van der Waals surface area contributed by atoms with Crippen molar-refractivity contribution < 1.29 is 23.1 Å². The van der Waals surface area contributed by atoms with Crippen LogP contribution in [0.5, 0.6) is 0 Å². The van der Waals surface area contributed by atoms with Crippen LogP contribution < -0.4 is 10.9 Å². The van der Waals surface area contributed by atoms with Crippen molar-refractivity contribution in [1.29, 1.82) is 5.26 Å². The zero-order valence-corrected chi connectivity index (χ0v) is 22.0. The first-order valence-corrected chi connectivity index (χ1v) is 13.6. The lowest BCUT2D eigenvalue weighted by molar-refractivity contribution is -0.138. The van der Waals surface area contributed by atoms with E-state index in [2.05, 4.69) is 11.4 Å². The summed E-state index contributed by atoms with van der Waals surface area (Å²) in [6, 6.07) is 13.9. The predicted molar refractivity (Wildman–Crippen MR) is 143 cm³/mol. The molecule has 1 aliphatic carbocycles. The first-order valence-electron chi connectivity index (χ1n) is 13.6. The predicted octanol–water partition coefficient (Wildman–Crippen LogP) is 4.41. The van der Waals surface area contributed by atoms with E-state index in [1.807, 2.05) is 4.90 Å². The maximum absolute atomic E-state index is 13.7. The van der Waals surface area contributed by atoms with Gasteiger partial charge in [0.1, 0.15) is 5.56 Å². The minimum absolute atomic E-state index is 0.00483. The Morgan fingerprint density at radius 2 is 1.80 bits per heavy atom. The highest BCUT2D eigenvalue weighted by Gasteiger charge is 2.43. The molecule has 2 atom stereocenters. The highest BCUT2D eigenvalue weighted by atomic mass is 19.4. The molecule has 2 aromatic heterocycles. The smallest absolute Gasteiger partial charge is 0.391 e. The Labute approximate surface area is 229 Å². The van der Waals surface area contributed by atoms with Gasteiger partial charge in [-0.3, -0.25) is 18.9 Å². The second-order valence-corrected chi connectivity index (χ2v) is 10.8. The van der Waals surface area contributed by atoms with E-state index < -0.39 is 40.8 Å². The number of hydrogen-bond acceptors (Lipinski definition) is 5. The average molecular weight is 553 g/mol. The molecule has 0 unspecified atom stereocenters. The second-order valence-electron chi connectivity index (χ2n) is 10.8. The summed E-state index contributed by atoms with van der Waals surface area (Å²) in [5.74, 6) is -0.540. The second kappa shape index (κ2) is 11.1. The fourth-order valence-corrected chi connectivity index (χ4v) is 6.06. The summed E-state index contributed by atoms with van der Waals surface area (Å²) < 4.78 is 42.6. The third-order valence-electron chi connectivity index (χ3n) is 8.31. The number of pyridine rings is 2. The van der Waals surface area contributed by atoms with Crippen LogP contribution in [0.4, 0.5) is 13.2 Å². The highest BCUT2D eigenvalue weighted by molar-refractivity contribution is 5.94. The number of hydrogen-bond donors (Lipinski definition) is 2. The largest absolute Gasteiger partial charge is 0.416 e. The lowest BCUT2D eigenvalue weighted by Crippen LogP contribution is -2.46. The molecule has 1 amide bonds. The fourth-order valence-electron chi connectivity index (χ4n) is 6.06. The molecule has 0 bridgehead atoms. The Bertz CT molecular complexity index is 1500. The molecule has 10 heteroatoms. The van der Waals surface area contributed by atoms with Crippen LogP contribution in [-0.4, -0.2) is 45.5 Å². The molecular weight excluding hydrogens is 521 g/mol. The van der Waals surface area contributed by atoms with E-state index in [9.17, 15) is 33.1 Å². The number of halogens is 3. The number of aliphatic hydroxyl groups is 1. The van der Waals surface area contributed by atoms with Gasteiger partial charge in [-0.25, -0.2) is 0 Å². The van der Waals surface area contributed by atoms with Crippen molar-refractivity contribution in [2.75, 3.05) is 13.1 Å². The third kappa shape index (κ3) is 5.36. The van der Waals surface area contributed by atoms with Crippen LogP contribution in [0.1, 0.15) is 65.6 Å². The van der Waals surface area contributed by atoms with E-state index in [-0.39, 0.29) is 24.0 Å². The summed E-state index contributed by atoms with van der Waals surface area (Å²) in [6.07, 6.45) is -0.173. The van der Waals surface area contributed by atoms with E-state index in [4.69, 9.17) is 0 Å². The molecule has 2 fully saturated rings. The molecule has 1 saturated heterocycles. The molecule has 0 spiro atoms. The average Bonchev–Trinajstić information content (AvgIpc) is 2.96. The number of piperidine rings is 1. The molecule has 7 nitrogen and oxygen atoms in total. The zero-order valence-electron chi connectivity index (χ0n) is 22.0. The first kappa shape index (κ1) is 27.9. The van der Waals surface area contributed by atoms with Gasteiger partial charge in [0, 0.05) is 25.8 Å². The summed E-state index contributed by atoms with van der Waals surface area (Å²) in [7, 11) is 0. The van der Waals surface area contributed by atoms with Crippen molar-refractivity contribution >= 4 is 11.4 Å². The number of alkyl halides is 3. The SMILES string of the molecule is N#CC1(c2ccccc2C(F)(F)F)CCN(Cc2cc(C(=O)N[C@H]3CCCC[C@@H]3O)c(=O)n3ccccc23)CC1. The normalized spacial score (nSPS) is 21.6. The molecular formula is C30H31F3N4O3. The number of likely N-dealkylation sites (tertiary alicyclic amines) is 1. The lowest BCUT2D eigenvalue weighted by Gasteiger charge is -2.38. The minimum atomic E-state index is -4.56. The molecule has 3 heterocycles. The topological polar surface area (TPSA) is 97.8 Å². The highest BCUT2D eigenvalue weighted by Crippen LogP contribution is 2.42. The summed E-state index contributed by atoms with van der Waals surface area (Å²) >= 11 is 0. The van der Waals surface area contributed by atoms with Gasteiger partial charge in [-0.1, -0.05) is 37.1 Å². The summed E-state index contributed by atoms with van der Waals surface area (Å²) in [4.78, 5) is 28.4. The molecule has 1 aromatic carbocycles. The minimum Gasteiger partial charge on any atom is -0.391 e. The molecule has 210 valence electrons. The van der Waals surface area contributed by atoms with E-state index >= 15 is 0 Å². The number of rotatable bonds is 5. The number of carbonyl (C=O) groups excluding carboxylic acids is 1. The van der Waals surface area contributed by atoms with Gasteiger partial charge < -0.3 is 10.4 Å². The van der Waals surface area contributed by atoms with Crippen LogP contribution >= 0.6 is 0 Å². The van der Waals surface area contributed by atoms with Gasteiger partial charge in [0.2, 0.25) is 0 Å². The number of amides is 1. The monoisotopic (exact) mass is 552 g/mol. The molecule has 5 rings (SSSR count).